The molecular formula is C12H18BrN3. The highest BCUT2D eigenvalue weighted by molar-refractivity contribution is 9.10. The summed E-state index contributed by atoms with van der Waals surface area (Å²) in [6, 6.07) is 2.07. The van der Waals surface area contributed by atoms with Crippen LogP contribution in [-0.2, 0) is 0 Å². The van der Waals surface area contributed by atoms with Crippen LogP contribution in [0.5, 0.6) is 0 Å². The number of hydrogen-bond acceptors (Lipinski definition) is 3. The largest absolute Gasteiger partial charge is 0.383 e. The van der Waals surface area contributed by atoms with Gasteiger partial charge in [0, 0.05) is 23.8 Å². The molecular weight excluding hydrogens is 266 g/mol. The van der Waals surface area contributed by atoms with Crippen molar-refractivity contribution >= 4 is 21.6 Å². The van der Waals surface area contributed by atoms with Crippen molar-refractivity contribution < 1.29 is 0 Å². The number of nitrogens with one attached hydrogen (secondary N) is 1. The first-order chi connectivity index (χ1) is 7.74. The standard InChI is InChI=1S/C12H18BrN3/c1-16-4-2-3-10(9-16)6-15-12-5-11(13)7-14-8-12/h5,7-8,10,15H,2-4,6,9H2,1H3. The third-order valence-corrected chi connectivity index (χ3v) is 3.46. The zero-order valence-electron chi connectivity index (χ0n) is 9.62. The highest BCUT2D eigenvalue weighted by atomic mass is 79.9. The lowest BCUT2D eigenvalue weighted by atomic mass is 9.98. The van der Waals surface area contributed by atoms with Gasteiger partial charge in [0.05, 0.1) is 11.9 Å². The molecule has 16 heavy (non-hydrogen) atoms. The average molecular weight is 284 g/mol. The van der Waals surface area contributed by atoms with E-state index in [9.17, 15) is 0 Å². The molecule has 2 heterocycles. The Morgan fingerprint density at radius 2 is 2.44 bits per heavy atom. The molecule has 1 atom stereocenters. The Balaban J connectivity index is 1.82. The van der Waals surface area contributed by atoms with Gasteiger partial charge in [0.1, 0.15) is 0 Å². The van der Waals surface area contributed by atoms with E-state index in [4.69, 9.17) is 0 Å². The molecule has 1 aliphatic heterocycles. The van der Waals surface area contributed by atoms with Gasteiger partial charge in [-0.15, -0.1) is 0 Å². The number of halogens is 1. The zero-order chi connectivity index (χ0) is 11.4. The minimum Gasteiger partial charge on any atom is -0.383 e. The van der Waals surface area contributed by atoms with Crippen LogP contribution >= 0.6 is 15.9 Å². The molecule has 1 saturated heterocycles. The number of nitrogens with zero attached hydrogens (tertiary/aromatic N) is 2. The maximum Gasteiger partial charge on any atom is 0.0538 e. The van der Waals surface area contributed by atoms with E-state index in [-0.39, 0.29) is 0 Å². The van der Waals surface area contributed by atoms with Gasteiger partial charge in [-0.2, -0.15) is 0 Å². The van der Waals surface area contributed by atoms with E-state index in [2.05, 4.69) is 44.2 Å². The first-order valence-electron chi connectivity index (χ1n) is 5.77. The number of likely N-dealkylation sites (tertiary alicyclic amines) is 1. The van der Waals surface area contributed by atoms with E-state index < -0.39 is 0 Å². The van der Waals surface area contributed by atoms with Crippen LogP contribution in [-0.4, -0.2) is 36.6 Å². The molecule has 1 unspecified atom stereocenters. The number of aromatic nitrogens is 1. The van der Waals surface area contributed by atoms with Crippen molar-refractivity contribution in [1.82, 2.24) is 9.88 Å². The summed E-state index contributed by atoms with van der Waals surface area (Å²) in [6.45, 7) is 3.49. The minimum atomic E-state index is 0.762. The summed E-state index contributed by atoms with van der Waals surface area (Å²) in [7, 11) is 2.20. The number of piperidine rings is 1. The lowest BCUT2D eigenvalue weighted by molar-refractivity contribution is 0.217. The summed E-state index contributed by atoms with van der Waals surface area (Å²) in [5.41, 5.74) is 1.10. The van der Waals surface area contributed by atoms with Crippen molar-refractivity contribution in [3.63, 3.8) is 0 Å². The van der Waals surface area contributed by atoms with Crippen LogP contribution in [0.1, 0.15) is 12.8 Å². The van der Waals surface area contributed by atoms with Gasteiger partial charge in [-0.3, -0.25) is 4.98 Å². The number of rotatable bonds is 3. The number of pyridine rings is 1. The van der Waals surface area contributed by atoms with E-state index in [1.807, 2.05) is 6.20 Å². The lowest BCUT2D eigenvalue weighted by Gasteiger charge is -2.29. The summed E-state index contributed by atoms with van der Waals surface area (Å²) < 4.78 is 1.03. The van der Waals surface area contributed by atoms with Crippen LogP contribution in [0.25, 0.3) is 0 Å². The maximum atomic E-state index is 4.14. The Bertz CT molecular complexity index is 343. The van der Waals surface area contributed by atoms with E-state index in [0.29, 0.717) is 0 Å². The molecule has 0 amide bonds. The number of anilines is 1. The van der Waals surface area contributed by atoms with Gasteiger partial charge >= 0.3 is 0 Å². The quantitative estimate of drug-likeness (QED) is 0.924. The van der Waals surface area contributed by atoms with E-state index in [0.717, 1.165) is 22.6 Å². The molecule has 0 aromatic carbocycles. The van der Waals surface area contributed by atoms with Crippen LogP contribution in [0.15, 0.2) is 22.9 Å². The number of hydrogen-bond donors (Lipinski definition) is 1. The molecule has 0 spiro atoms. The third-order valence-electron chi connectivity index (χ3n) is 3.02. The van der Waals surface area contributed by atoms with Crippen LogP contribution in [0, 0.1) is 5.92 Å². The van der Waals surface area contributed by atoms with E-state index in [1.54, 1.807) is 6.20 Å². The predicted octanol–water partition coefficient (Wildman–Crippen LogP) is 2.60. The Morgan fingerprint density at radius 1 is 1.56 bits per heavy atom. The van der Waals surface area contributed by atoms with Gasteiger partial charge in [0.25, 0.3) is 0 Å². The van der Waals surface area contributed by atoms with Crippen molar-refractivity contribution in [3.8, 4) is 0 Å². The normalized spacial score (nSPS) is 22.0. The fourth-order valence-electron chi connectivity index (χ4n) is 2.21. The fourth-order valence-corrected chi connectivity index (χ4v) is 2.58. The van der Waals surface area contributed by atoms with Crippen molar-refractivity contribution in [1.29, 1.82) is 0 Å². The molecule has 1 N–H and O–H groups in total. The van der Waals surface area contributed by atoms with Crippen LogP contribution in [0.2, 0.25) is 0 Å². The molecule has 0 aliphatic carbocycles. The molecule has 88 valence electrons. The molecule has 2 rings (SSSR count). The molecule has 1 fully saturated rings. The average Bonchev–Trinajstić information content (AvgIpc) is 2.27. The van der Waals surface area contributed by atoms with Crippen LogP contribution < -0.4 is 5.32 Å². The van der Waals surface area contributed by atoms with Crippen molar-refractivity contribution in [2.24, 2.45) is 5.92 Å². The second-order valence-corrected chi connectivity index (χ2v) is 5.46. The summed E-state index contributed by atoms with van der Waals surface area (Å²) in [6.07, 6.45) is 6.33. The molecule has 1 aliphatic rings. The van der Waals surface area contributed by atoms with Gasteiger partial charge in [0.15, 0.2) is 0 Å². The van der Waals surface area contributed by atoms with Gasteiger partial charge in [0.2, 0.25) is 0 Å². The van der Waals surface area contributed by atoms with Gasteiger partial charge in [-0.1, -0.05) is 0 Å². The smallest absolute Gasteiger partial charge is 0.0538 e. The fraction of sp³-hybridized carbons (Fsp3) is 0.583. The van der Waals surface area contributed by atoms with Crippen molar-refractivity contribution in [3.05, 3.63) is 22.9 Å². The van der Waals surface area contributed by atoms with Crippen molar-refractivity contribution in [2.45, 2.75) is 12.8 Å². The molecule has 3 nitrogen and oxygen atoms in total. The Labute approximate surface area is 105 Å². The van der Waals surface area contributed by atoms with Crippen LogP contribution in [0.3, 0.4) is 0 Å². The topological polar surface area (TPSA) is 28.2 Å². The van der Waals surface area contributed by atoms with Gasteiger partial charge in [-0.05, 0) is 54.3 Å². The van der Waals surface area contributed by atoms with E-state index >= 15 is 0 Å². The van der Waals surface area contributed by atoms with Gasteiger partial charge in [-0.25, -0.2) is 0 Å². The molecule has 1 aromatic heterocycles. The Morgan fingerprint density at radius 3 is 3.19 bits per heavy atom. The van der Waals surface area contributed by atoms with Crippen LogP contribution in [0.4, 0.5) is 5.69 Å². The lowest BCUT2D eigenvalue weighted by Crippen LogP contribution is -2.35. The Kier molecular flexibility index (Phi) is 4.18. The predicted molar refractivity (Wildman–Crippen MR) is 70.6 cm³/mol. The first-order valence-corrected chi connectivity index (χ1v) is 6.56. The summed E-state index contributed by atoms with van der Waals surface area (Å²) in [5.74, 6) is 0.762. The monoisotopic (exact) mass is 283 g/mol. The zero-order valence-corrected chi connectivity index (χ0v) is 11.2. The van der Waals surface area contributed by atoms with Gasteiger partial charge < -0.3 is 10.2 Å². The highest BCUT2D eigenvalue weighted by Gasteiger charge is 2.16. The summed E-state index contributed by atoms with van der Waals surface area (Å²) >= 11 is 3.43. The third kappa shape index (κ3) is 3.46. The first kappa shape index (κ1) is 11.9. The SMILES string of the molecule is CN1CCCC(CNc2cncc(Br)c2)C1. The maximum absolute atomic E-state index is 4.14. The second kappa shape index (κ2) is 5.64. The van der Waals surface area contributed by atoms with E-state index in [1.165, 1.54) is 25.9 Å². The molecule has 0 radical (unpaired) electrons. The molecule has 1 aromatic rings. The highest BCUT2D eigenvalue weighted by Crippen LogP contribution is 2.17. The van der Waals surface area contributed by atoms with Crippen molar-refractivity contribution in [2.75, 3.05) is 32.0 Å². The Hall–Kier alpha value is -0.610. The molecule has 0 saturated carbocycles. The summed E-state index contributed by atoms with van der Waals surface area (Å²) in [4.78, 5) is 6.55. The molecule has 4 heteroatoms. The summed E-state index contributed by atoms with van der Waals surface area (Å²) in [5, 5.41) is 3.46. The molecule has 0 bridgehead atoms. The second-order valence-electron chi connectivity index (χ2n) is 4.54. The minimum absolute atomic E-state index is 0.762.